The van der Waals surface area contributed by atoms with Crippen molar-refractivity contribution in [3.63, 3.8) is 0 Å². The highest BCUT2D eigenvalue weighted by molar-refractivity contribution is 7.14. The molecular weight excluding hydrogens is 350 g/mol. The van der Waals surface area contributed by atoms with Gasteiger partial charge in [-0.3, -0.25) is 4.79 Å². The van der Waals surface area contributed by atoms with Crippen molar-refractivity contribution in [3.05, 3.63) is 44.6 Å². The quantitative estimate of drug-likeness (QED) is 0.781. The van der Waals surface area contributed by atoms with Gasteiger partial charge in [-0.15, -0.1) is 11.3 Å². The molecule has 2 aromatic rings. The fourth-order valence-corrected chi connectivity index (χ4v) is 3.32. The number of anilines is 1. The minimum Gasteiger partial charge on any atom is -0.495 e. The Morgan fingerprint density at radius 3 is 2.67 bits per heavy atom. The van der Waals surface area contributed by atoms with Crippen molar-refractivity contribution in [1.82, 2.24) is 0 Å². The predicted octanol–water partition coefficient (Wildman–Crippen LogP) is 4.08. The number of carbonyl (C=O) groups excluding carboxylic acids is 2. The fraction of sp³-hybridized carbons (Fsp3) is 0.294. The first-order chi connectivity index (χ1) is 11.4. The summed E-state index contributed by atoms with van der Waals surface area (Å²) in [4.78, 5) is 25.6. The largest absolute Gasteiger partial charge is 0.495 e. The van der Waals surface area contributed by atoms with Crippen LogP contribution in [0.25, 0.3) is 0 Å². The van der Waals surface area contributed by atoms with Crippen LogP contribution in [0.2, 0.25) is 5.02 Å². The molecule has 1 aromatic carbocycles. The minimum atomic E-state index is -0.504. The Bertz CT molecular complexity index is 757. The summed E-state index contributed by atoms with van der Waals surface area (Å²) in [6, 6.07) is 6.67. The van der Waals surface area contributed by atoms with E-state index in [-0.39, 0.29) is 6.61 Å². The van der Waals surface area contributed by atoms with Gasteiger partial charge in [0.1, 0.15) is 10.6 Å². The number of hydrogen-bond donors (Lipinski definition) is 1. The standard InChI is InChI=1S/C17H18ClNO4S/c1-4-11-7-15(24-10(11)2)17(21)23-9-16(20)19-13-8-12(18)5-6-14(13)22-3/h5-8H,4,9H2,1-3H3,(H,19,20). The maximum atomic E-state index is 12.0. The molecule has 0 aliphatic rings. The number of amides is 1. The van der Waals surface area contributed by atoms with Gasteiger partial charge in [0.25, 0.3) is 5.91 Å². The van der Waals surface area contributed by atoms with E-state index in [1.54, 1.807) is 24.3 Å². The van der Waals surface area contributed by atoms with Crippen LogP contribution in [-0.4, -0.2) is 25.6 Å². The molecule has 2 rings (SSSR count). The summed E-state index contributed by atoms with van der Waals surface area (Å²) >= 11 is 7.27. The zero-order chi connectivity index (χ0) is 17.7. The summed E-state index contributed by atoms with van der Waals surface area (Å²) in [5.41, 5.74) is 1.53. The van der Waals surface area contributed by atoms with Crippen molar-refractivity contribution in [1.29, 1.82) is 0 Å². The molecule has 5 nitrogen and oxygen atoms in total. The molecule has 128 valence electrons. The van der Waals surface area contributed by atoms with Crippen LogP contribution >= 0.6 is 22.9 Å². The summed E-state index contributed by atoms with van der Waals surface area (Å²) in [7, 11) is 1.49. The zero-order valence-electron chi connectivity index (χ0n) is 13.6. The number of esters is 1. The maximum Gasteiger partial charge on any atom is 0.348 e. The Kier molecular flexibility index (Phi) is 6.23. The van der Waals surface area contributed by atoms with Gasteiger partial charge in [0.05, 0.1) is 12.8 Å². The lowest BCUT2D eigenvalue weighted by Crippen LogP contribution is -2.21. The third kappa shape index (κ3) is 4.49. The number of methoxy groups -OCH3 is 1. The molecular formula is C17H18ClNO4S. The first kappa shape index (κ1) is 18.3. The van der Waals surface area contributed by atoms with E-state index in [0.29, 0.717) is 21.3 Å². The van der Waals surface area contributed by atoms with Crippen LogP contribution in [-0.2, 0) is 16.0 Å². The molecule has 0 bridgehead atoms. The van der Waals surface area contributed by atoms with Gasteiger partial charge in [-0.1, -0.05) is 18.5 Å². The number of aryl methyl sites for hydroxylation is 2. The topological polar surface area (TPSA) is 64.6 Å². The first-order valence-corrected chi connectivity index (χ1v) is 8.53. The van der Waals surface area contributed by atoms with E-state index < -0.39 is 11.9 Å². The Balaban J connectivity index is 1.95. The third-order valence-corrected chi connectivity index (χ3v) is 4.68. The molecule has 1 N–H and O–H groups in total. The van der Waals surface area contributed by atoms with Crippen molar-refractivity contribution < 1.29 is 19.1 Å². The van der Waals surface area contributed by atoms with Crippen LogP contribution in [0, 0.1) is 6.92 Å². The van der Waals surface area contributed by atoms with Crippen molar-refractivity contribution in [2.75, 3.05) is 19.0 Å². The van der Waals surface area contributed by atoms with Crippen molar-refractivity contribution >= 4 is 40.5 Å². The predicted molar refractivity (Wildman–Crippen MR) is 95.4 cm³/mol. The second-order valence-electron chi connectivity index (χ2n) is 5.01. The van der Waals surface area contributed by atoms with Crippen LogP contribution in [0.4, 0.5) is 5.69 Å². The van der Waals surface area contributed by atoms with Gasteiger partial charge in [-0.25, -0.2) is 4.79 Å². The molecule has 0 aliphatic carbocycles. The van der Waals surface area contributed by atoms with Crippen molar-refractivity contribution in [3.8, 4) is 5.75 Å². The number of benzene rings is 1. The molecule has 1 heterocycles. The van der Waals surface area contributed by atoms with Gasteiger partial charge >= 0.3 is 5.97 Å². The molecule has 0 unspecified atom stereocenters. The number of nitrogens with one attached hydrogen (secondary N) is 1. The average Bonchev–Trinajstić information content (AvgIpc) is 2.94. The second-order valence-corrected chi connectivity index (χ2v) is 6.71. The first-order valence-electron chi connectivity index (χ1n) is 7.34. The molecule has 0 saturated heterocycles. The average molecular weight is 368 g/mol. The van der Waals surface area contributed by atoms with Crippen LogP contribution in [0.5, 0.6) is 5.75 Å². The monoisotopic (exact) mass is 367 g/mol. The molecule has 0 fully saturated rings. The van der Waals surface area contributed by atoms with Crippen molar-refractivity contribution in [2.45, 2.75) is 20.3 Å². The molecule has 0 spiro atoms. The molecule has 7 heteroatoms. The van der Waals surface area contributed by atoms with Crippen LogP contribution in [0.1, 0.15) is 27.0 Å². The highest BCUT2D eigenvalue weighted by Gasteiger charge is 2.15. The van der Waals surface area contributed by atoms with Gasteiger partial charge < -0.3 is 14.8 Å². The Morgan fingerprint density at radius 2 is 2.04 bits per heavy atom. The molecule has 0 aliphatic heterocycles. The smallest absolute Gasteiger partial charge is 0.348 e. The van der Waals surface area contributed by atoms with E-state index in [1.165, 1.54) is 18.4 Å². The SMILES string of the molecule is CCc1cc(C(=O)OCC(=O)Nc2cc(Cl)ccc2OC)sc1C. The second kappa shape index (κ2) is 8.17. The third-order valence-electron chi connectivity index (χ3n) is 3.37. The highest BCUT2D eigenvalue weighted by atomic mass is 35.5. The van der Waals surface area contributed by atoms with Gasteiger partial charge in [0.15, 0.2) is 6.61 Å². The van der Waals surface area contributed by atoms with E-state index in [1.807, 2.05) is 13.8 Å². The molecule has 1 aromatic heterocycles. The van der Waals surface area contributed by atoms with Crippen LogP contribution in [0.15, 0.2) is 24.3 Å². The van der Waals surface area contributed by atoms with Crippen LogP contribution in [0.3, 0.4) is 0 Å². The lowest BCUT2D eigenvalue weighted by molar-refractivity contribution is -0.119. The number of hydrogen-bond acceptors (Lipinski definition) is 5. The fourth-order valence-electron chi connectivity index (χ4n) is 2.14. The number of carbonyl (C=O) groups is 2. The number of rotatable bonds is 6. The number of thiophene rings is 1. The van der Waals surface area contributed by atoms with Gasteiger partial charge in [0, 0.05) is 9.90 Å². The number of ether oxygens (including phenoxy) is 2. The van der Waals surface area contributed by atoms with E-state index >= 15 is 0 Å². The Hall–Kier alpha value is -2.05. The molecule has 0 atom stereocenters. The van der Waals surface area contributed by atoms with Crippen LogP contribution < -0.4 is 10.1 Å². The molecule has 0 radical (unpaired) electrons. The summed E-state index contributed by atoms with van der Waals surface area (Å²) in [6.07, 6.45) is 0.852. The lowest BCUT2D eigenvalue weighted by atomic mass is 10.2. The molecule has 1 amide bonds. The van der Waals surface area contributed by atoms with E-state index in [2.05, 4.69) is 5.32 Å². The highest BCUT2D eigenvalue weighted by Crippen LogP contribution is 2.27. The zero-order valence-corrected chi connectivity index (χ0v) is 15.2. The molecule has 24 heavy (non-hydrogen) atoms. The van der Waals surface area contributed by atoms with Gasteiger partial charge in [-0.05, 0) is 43.2 Å². The maximum absolute atomic E-state index is 12.0. The number of halogens is 1. The summed E-state index contributed by atoms with van der Waals surface area (Å²) in [6.45, 7) is 3.60. The Labute approximate surface area is 149 Å². The van der Waals surface area contributed by atoms with Gasteiger partial charge in [0.2, 0.25) is 0 Å². The summed E-state index contributed by atoms with van der Waals surface area (Å²) < 4.78 is 10.2. The van der Waals surface area contributed by atoms with E-state index in [0.717, 1.165) is 16.9 Å². The Morgan fingerprint density at radius 1 is 1.29 bits per heavy atom. The van der Waals surface area contributed by atoms with E-state index in [4.69, 9.17) is 21.1 Å². The molecule has 0 saturated carbocycles. The normalized spacial score (nSPS) is 10.3. The summed E-state index contributed by atoms with van der Waals surface area (Å²) in [5, 5.41) is 3.08. The summed E-state index contributed by atoms with van der Waals surface area (Å²) in [5.74, 6) is -0.496. The van der Waals surface area contributed by atoms with E-state index in [9.17, 15) is 9.59 Å². The minimum absolute atomic E-state index is 0.382. The van der Waals surface area contributed by atoms with Gasteiger partial charge in [-0.2, -0.15) is 0 Å². The lowest BCUT2D eigenvalue weighted by Gasteiger charge is -2.10. The van der Waals surface area contributed by atoms with Crippen molar-refractivity contribution in [2.24, 2.45) is 0 Å².